The molecule has 1 nitrogen and oxygen atoms in total. The van der Waals surface area contributed by atoms with E-state index < -0.39 is 0 Å². The molecule has 0 fully saturated rings. The standard InChI is InChI=1S/C11H14O/c1-3-8(2)11-7-9-5-4-6-10(9)12-11/h4-8,11H,3H2,1-2H3. The highest BCUT2D eigenvalue weighted by atomic mass is 16.5. The molecule has 1 aliphatic heterocycles. The van der Waals surface area contributed by atoms with Crippen LogP contribution in [0.4, 0.5) is 0 Å². The van der Waals surface area contributed by atoms with Crippen LogP contribution in [0, 0.1) is 5.92 Å². The van der Waals surface area contributed by atoms with E-state index in [1.165, 1.54) is 12.0 Å². The maximum Gasteiger partial charge on any atom is 0.127 e. The van der Waals surface area contributed by atoms with Crippen molar-refractivity contribution in [1.82, 2.24) is 0 Å². The van der Waals surface area contributed by atoms with E-state index in [-0.39, 0.29) is 0 Å². The van der Waals surface area contributed by atoms with Crippen molar-refractivity contribution in [3.05, 3.63) is 35.6 Å². The van der Waals surface area contributed by atoms with Crippen LogP contribution in [-0.2, 0) is 4.74 Å². The number of hydrogen-bond acceptors (Lipinski definition) is 1. The molecular weight excluding hydrogens is 148 g/mol. The normalized spacial score (nSPS) is 27.7. The lowest BCUT2D eigenvalue weighted by Crippen LogP contribution is -2.14. The Morgan fingerprint density at radius 3 is 3.08 bits per heavy atom. The molecule has 0 saturated heterocycles. The van der Waals surface area contributed by atoms with Gasteiger partial charge < -0.3 is 4.74 Å². The van der Waals surface area contributed by atoms with E-state index >= 15 is 0 Å². The van der Waals surface area contributed by atoms with E-state index in [1.54, 1.807) is 0 Å². The molecule has 0 aromatic carbocycles. The summed E-state index contributed by atoms with van der Waals surface area (Å²) in [5.74, 6) is 1.68. The zero-order valence-corrected chi connectivity index (χ0v) is 7.58. The van der Waals surface area contributed by atoms with Gasteiger partial charge in [-0.15, -0.1) is 0 Å². The van der Waals surface area contributed by atoms with Crippen LogP contribution in [0.5, 0.6) is 0 Å². The molecule has 12 heavy (non-hydrogen) atoms. The molecular formula is C11H14O. The molecule has 0 aromatic rings. The third-order valence-electron chi connectivity index (χ3n) is 2.62. The number of fused-ring (bicyclic) bond motifs is 1. The first kappa shape index (κ1) is 7.66. The molecule has 0 aromatic heterocycles. The predicted molar refractivity (Wildman–Crippen MR) is 49.6 cm³/mol. The quantitative estimate of drug-likeness (QED) is 0.606. The molecule has 1 aliphatic carbocycles. The second-order valence-corrected chi connectivity index (χ2v) is 3.48. The minimum atomic E-state index is 0.307. The van der Waals surface area contributed by atoms with Crippen molar-refractivity contribution >= 4 is 0 Å². The third kappa shape index (κ3) is 1.09. The van der Waals surface area contributed by atoms with Gasteiger partial charge in [-0.05, 0) is 24.5 Å². The number of allylic oxidation sites excluding steroid dienone is 3. The average molecular weight is 162 g/mol. The molecule has 0 spiro atoms. The first-order chi connectivity index (χ1) is 5.81. The Morgan fingerprint density at radius 2 is 2.42 bits per heavy atom. The first-order valence-corrected chi connectivity index (χ1v) is 4.58. The molecule has 0 saturated carbocycles. The lowest BCUT2D eigenvalue weighted by Gasteiger charge is -2.16. The van der Waals surface area contributed by atoms with Gasteiger partial charge in [0.1, 0.15) is 11.9 Å². The van der Waals surface area contributed by atoms with Crippen molar-refractivity contribution in [3.8, 4) is 0 Å². The fourth-order valence-corrected chi connectivity index (χ4v) is 1.53. The van der Waals surface area contributed by atoms with Crippen molar-refractivity contribution in [1.29, 1.82) is 0 Å². The van der Waals surface area contributed by atoms with Crippen LogP contribution in [0.1, 0.15) is 20.3 Å². The molecule has 0 radical (unpaired) electrons. The van der Waals surface area contributed by atoms with Gasteiger partial charge in [0.05, 0.1) is 0 Å². The van der Waals surface area contributed by atoms with Gasteiger partial charge in [0.15, 0.2) is 0 Å². The second-order valence-electron chi connectivity index (χ2n) is 3.48. The van der Waals surface area contributed by atoms with Crippen molar-refractivity contribution < 1.29 is 4.74 Å². The molecule has 64 valence electrons. The Kier molecular flexibility index (Phi) is 1.80. The van der Waals surface area contributed by atoms with E-state index in [9.17, 15) is 0 Å². The minimum absolute atomic E-state index is 0.307. The topological polar surface area (TPSA) is 9.23 Å². The highest BCUT2D eigenvalue weighted by Crippen LogP contribution is 2.32. The predicted octanol–water partition coefficient (Wildman–Crippen LogP) is 2.81. The van der Waals surface area contributed by atoms with E-state index in [0.29, 0.717) is 12.0 Å². The molecule has 2 aliphatic rings. The Morgan fingerprint density at radius 1 is 1.58 bits per heavy atom. The van der Waals surface area contributed by atoms with Gasteiger partial charge in [-0.1, -0.05) is 26.0 Å². The summed E-state index contributed by atoms with van der Waals surface area (Å²) < 4.78 is 5.74. The van der Waals surface area contributed by atoms with Gasteiger partial charge >= 0.3 is 0 Å². The maximum absolute atomic E-state index is 5.74. The van der Waals surface area contributed by atoms with Crippen LogP contribution >= 0.6 is 0 Å². The van der Waals surface area contributed by atoms with Gasteiger partial charge in [0.2, 0.25) is 0 Å². The van der Waals surface area contributed by atoms with Crippen molar-refractivity contribution in [2.45, 2.75) is 26.4 Å². The summed E-state index contributed by atoms with van der Waals surface area (Å²) in [6.07, 6.45) is 9.88. The lowest BCUT2D eigenvalue weighted by atomic mass is 10.0. The maximum atomic E-state index is 5.74. The summed E-state index contributed by atoms with van der Waals surface area (Å²) in [5.41, 5.74) is 1.26. The monoisotopic (exact) mass is 162 g/mol. The summed E-state index contributed by atoms with van der Waals surface area (Å²) >= 11 is 0. The lowest BCUT2D eigenvalue weighted by molar-refractivity contribution is 0.130. The summed E-state index contributed by atoms with van der Waals surface area (Å²) in [7, 11) is 0. The second kappa shape index (κ2) is 2.81. The van der Waals surface area contributed by atoms with Gasteiger partial charge in [0, 0.05) is 5.57 Å². The van der Waals surface area contributed by atoms with Crippen LogP contribution in [0.15, 0.2) is 35.6 Å². The average Bonchev–Trinajstić information content (AvgIpc) is 2.60. The smallest absolute Gasteiger partial charge is 0.127 e. The molecule has 0 amide bonds. The summed E-state index contributed by atoms with van der Waals surface area (Å²) in [5, 5.41) is 0. The fourth-order valence-electron chi connectivity index (χ4n) is 1.53. The molecule has 0 bridgehead atoms. The molecule has 2 unspecified atom stereocenters. The van der Waals surface area contributed by atoms with Gasteiger partial charge in [-0.25, -0.2) is 0 Å². The first-order valence-electron chi connectivity index (χ1n) is 4.58. The van der Waals surface area contributed by atoms with Gasteiger partial charge in [0.25, 0.3) is 0 Å². The SMILES string of the molecule is CCC(C)C1C=C2C=CC=C2O1. The van der Waals surface area contributed by atoms with E-state index in [0.717, 1.165) is 5.76 Å². The highest BCUT2D eigenvalue weighted by molar-refractivity contribution is 5.48. The van der Waals surface area contributed by atoms with Crippen molar-refractivity contribution in [3.63, 3.8) is 0 Å². The largest absolute Gasteiger partial charge is 0.485 e. The van der Waals surface area contributed by atoms with Crippen LogP contribution in [0.25, 0.3) is 0 Å². The van der Waals surface area contributed by atoms with Crippen molar-refractivity contribution in [2.75, 3.05) is 0 Å². The Bertz CT molecular complexity index is 271. The summed E-state index contributed by atoms with van der Waals surface area (Å²) in [6, 6.07) is 0. The molecule has 0 N–H and O–H groups in total. The van der Waals surface area contributed by atoms with Crippen LogP contribution in [0.3, 0.4) is 0 Å². The molecule has 1 heteroatoms. The van der Waals surface area contributed by atoms with E-state index in [1.807, 2.05) is 12.2 Å². The fraction of sp³-hybridized carbons (Fsp3) is 0.455. The zero-order valence-electron chi connectivity index (χ0n) is 7.58. The zero-order chi connectivity index (χ0) is 8.55. The Hall–Kier alpha value is -0.980. The van der Waals surface area contributed by atoms with E-state index in [2.05, 4.69) is 26.0 Å². The Labute approximate surface area is 73.4 Å². The minimum Gasteiger partial charge on any atom is -0.485 e. The van der Waals surface area contributed by atoms with Gasteiger partial charge in [-0.2, -0.15) is 0 Å². The van der Waals surface area contributed by atoms with Crippen LogP contribution in [0.2, 0.25) is 0 Å². The van der Waals surface area contributed by atoms with Crippen LogP contribution < -0.4 is 0 Å². The summed E-state index contributed by atoms with van der Waals surface area (Å²) in [6.45, 7) is 4.43. The number of ether oxygens (including phenoxy) is 1. The Balaban J connectivity index is 2.12. The number of hydrogen-bond donors (Lipinski definition) is 0. The van der Waals surface area contributed by atoms with Crippen LogP contribution in [-0.4, -0.2) is 6.10 Å². The highest BCUT2D eigenvalue weighted by Gasteiger charge is 2.25. The van der Waals surface area contributed by atoms with Gasteiger partial charge in [-0.3, -0.25) is 0 Å². The van der Waals surface area contributed by atoms with Crippen molar-refractivity contribution in [2.24, 2.45) is 5.92 Å². The summed E-state index contributed by atoms with van der Waals surface area (Å²) in [4.78, 5) is 0. The van der Waals surface area contributed by atoms with E-state index in [4.69, 9.17) is 4.74 Å². The molecule has 2 rings (SSSR count). The molecule has 1 heterocycles. The molecule has 2 atom stereocenters. The number of rotatable bonds is 2. The third-order valence-corrected chi connectivity index (χ3v) is 2.62.